The Morgan fingerprint density at radius 3 is 2.64 bits per heavy atom. The van der Waals surface area contributed by atoms with E-state index in [1.165, 1.54) is 30.7 Å². The van der Waals surface area contributed by atoms with Crippen molar-refractivity contribution in [3.05, 3.63) is 59.7 Å². The van der Waals surface area contributed by atoms with Crippen LogP contribution in [0.2, 0.25) is 5.02 Å². The SMILES string of the molecule is O=C(/C=C/CN1CCCCC1)Nc1cc2c(Nc3ccc(F)c(Cl)c3)ncnc2cc1OC(F)(F)F. The van der Waals surface area contributed by atoms with Gasteiger partial charge < -0.3 is 15.4 Å². The summed E-state index contributed by atoms with van der Waals surface area (Å²) in [7, 11) is 0. The Labute approximate surface area is 209 Å². The summed E-state index contributed by atoms with van der Waals surface area (Å²) < 4.78 is 56.8. The van der Waals surface area contributed by atoms with Crippen LogP contribution in [0.25, 0.3) is 10.9 Å². The van der Waals surface area contributed by atoms with Crippen LogP contribution in [0, 0.1) is 5.82 Å². The third-order valence-electron chi connectivity index (χ3n) is 5.48. The summed E-state index contributed by atoms with van der Waals surface area (Å²) in [5.74, 6) is -1.64. The Bertz CT molecular complexity index is 1280. The minimum atomic E-state index is -4.99. The number of hydrogen-bond donors (Lipinski definition) is 2. The zero-order valence-corrected chi connectivity index (χ0v) is 19.7. The van der Waals surface area contributed by atoms with Gasteiger partial charge in [-0.25, -0.2) is 14.4 Å². The first-order valence-electron chi connectivity index (χ1n) is 11.1. The second-order valence-electron chi connectivity index (χ2n) is 8.14. The molecule has 0 atom stereocenters. The van der Waals surface area contributed by atoms with Gasteiger partial charge in [0, 0.05) is 29.8 Å². The number of nitrogens with one attached hydrogen (secondary N) is 2. The Kier molecular flexibility index (Phi) is 7.90. The molecular formula is C24H22ClF4N5O2. The average molecular weight is 524 g/mol. The van der Waals surface area contributed by atoms with Crippen molar-refractivity contribution in [1.82, 2.24) is 14.9 Å². The number of aromatic nitrogens is 2. The van der Waals surface area contributed by atoms with Gasteiger partial charge in [0.2, 0.25) is 5.91 Å². The summed E-state index contributed by atoms with van der Waals surface area (Å²) in [5.41, 5.74) is 0.296. The largest absolute Gasteiger partial charge is 0.573 e. The predicted molar refractivity (Wildman–Crippen MR) is 129 cm³/mol. The Morgan fingerprint density at radius 1 is 1.14 bits per heavy atom. The van der Waals surface area contributed by atoms with Crippen molar-refractivity contribution in [2.75, 3.05) is 30.3 Å². The van der Waals surface area contributed by atoms with Crippen molar-refractivity contribution in [3.63, 3.8) is 0 Å². The minimum Gasteiger partial charge on any atom is -0.403 e. The van der Waals surface area contributed by atoms with Gasteiger partial charge in [0.05, 0.1) is 16.2 Å². The lowest BCUT2D eigenvalue weighted by Gasteiger charge is -2.24. The van der Waals surface area contributed by atoms with Crippen LogP contribution >= 0.6 is 11.6 Å². The number of rotatable bonds is 7. The molecule has 1 saturated heterocycles. The van der Waals surface area contributed by atoms with Crippen LogP contribution in [-0.4, -0.2) is 46.8 Å². The van der Waals surface area contributed by atoms with Gasteiger partial charge >= 0.3 is 6.36 Å². The van der Waals surface area contributed by atoms with E-state index in [-0.39, 0.29) is 22.0 Å². The molecule has 0 spiro atoms. The van der Waals surface area contributed by atoms with Gasteiger partial charge in [0.25, 0.3) is 0 Å². The van der Waals surface area contributed by atoms with Crippen LogP contribution in [0.4, 0.5) is 34.8 Å². The van der Waals surface area contributed by atoms with E-state index in [4.69, 9.17) is 11.6 Å². The number of amides is 1. The molecule has 1 aliphatic rings. The number of alkyl halides is 3. The molecular weight excluding hydrogens is 502 g/mol. The third kappa shape index (κ3) is 6.82. The van der Waals surface area contributed by atoms with Gasteiger partial charge in [-0.3, -0.25) is 9.69 Å². The van der Waals surface area contributed by atoms with E-state index in [2.05, 4.69) is 30.2 Å². The lowest BCUT2D eigenvalue weighted by atomic mass is 10.1. The summed E-state index contributed by atoms with van der Waals surface area (Å²) in [4.78, 5) is 22.8. The maximum Gasteiger partial charge on any atom is 0.573 e. The predicted octanol–water partition coefficient (Wildman–Crippen LogP) is 6.05. The van der Waals surface area contributed by atoms with E-state index in [0.717, 1.165) is 44.4 Å². The first-order valence-corrected chi connectivity index (χ1v) is 11.5. The molecule has 0 bridgehead atoms. The van der Waals surface area contributed by atoms with Crippen molar-refractivity contribution in [2.24, 2.45) is 0 Å². The molecule has 12 heteroatoms. The standard InChI is InChI=1S/C24H22ClF4N5O2/c25-17-11-15(6-7-18(17)26)32-23-16-12-20(21(36-24(27,28)29)13-19(16)30-14-31-23)33-22(35)5-4-10-34-8-2-1-3-9-34/h4-7,11-14H,1-3,8-10H2,(H,33,35)(H,30,31,32)/b5-4+. The van der Waals surface area contributed by atoms with Crippen molar-refractivity contribution >= 4 is 45.6 Å². The lowest BCUT2D eigenvalue weighted by molar-refractivity contribution is -0.274. The Morgan fingerprint density at radius 2 is 1.92 bits per heavy atom. The zero-order chi connectivity index (χ0) is 25.7. The van der Waals surface area contributed by atoms with E-state index in [0.29, 0.717) is 17.6 Å². The normalized spacial score (nSPS) is 14.8. The highest BCUT2D eigenvalue weighted by Gasteiger charge is 2.32. The number of piperidine rings is 1. The molecule has 190 valence electrons. The van der Waals surface area contributed by atoms with E-state index < -0.39 is 23.8 Å². The molecule has 4 rings (SSSR count). The first kappa shape index (κ1) is 25.6. The number of benzene rings is 2. The van der Waals surface area contributed by atoms with E-state index >= 15 is 0 Å². The molecule has 0 radical (unpaired) electrons. The highest BCUT2D eigenvalue weighted by Crippen LogP contribution is 2.36. The number of ether oxygens (including phenoxy) is 1. The highest BCUT2D eigenvalue weighted by atomic mass is 35.5. The smallest absolute Gasteiger partial charge is 0.403 e. The Hall–Kier alpha value is -3.44. The zero-order valence-electron chi connectivity index (χ0n) is 18.9. The van der Waals surface area contributed by atoms with Crippen LogP contribution < -0.4 is 15.4 Å². The van der Waals surface area contributed by atoms with Crippen molar-refractivity contribution in [1.29, 1.82) is 0 Å². The van der Waals surface area contributed by atoms with Gasteiger partial charge in [-0.05, 0) is 50.2 Å². The molecule has 2 heterocycles. The van der Waals surface area contributed by atoms with Gasteiger partial charge in [-0.2, -0.15) is 0 Å². The number of carbonyl (C=O) groups is 1. The maximum atomic E-state index is 13.5. The molecule has 0 saturated carbocycles. The lowest BCUT2D eigenvalue weighted by Crippen LogP contribution is -2.29. The summed E-state index contributed by atoms with van der Waals surface area (Å²) >= 11 is 5.83. The number of likely N-dealkylation sites (tertiary alicyclic amines) is 1. The summed E-state index contributed by atoms with van der Waals surface area (Å²) in [6.45, 7) is 2.45. The second kappa shape index (κ2) is 11.1. The fraction of sp³-hybridized carbons (Fsp3) is 0.292. The molecule has 7 nitrogen and oxygen atoms in total. The van der Waals surface area contributed by atoms with Crippen LogP contribution in [0.5, 0.6) is 5.75 Å². The number of fused-ring (bicyclic) bond motifs is 1. The molecule has 2 aromatic carbocycles. The Balaban J connectivity index is 1.61. The van der Waals surface area contributed by atoms with E-state index in [1.807, 2.05) is 0 Å². The quantitative estimate of drug-likeness (QED) is 0.290. The number of nitrogens with zero attached hydrogens (tertiary/aromatic N) is 3. The maximum absolute atomic E-state index is 13.5. The second-order valence-corrected chi connectivity index (χ2v) is 8.55. The third-order valence-corrected chi connectivity index (χ3v) is 5.77. The van der Waals surface area contributed by atoms with Crippen LogP contribution in [0.3, 0.4) is 0 Å². The molecule has 2 N–H and O–H groups in total. The van der Waals surface area contributed by atoms with Crippen LogP contribution in [0.1, 0.15) is 19.3 Å². The van der Waals surface area contributed by atoms with Gasteiger partial charge in [0.1, 0.15) is 18.0 Å². The number of anilines is 3. The van der Waals surface area contributed by atoms with Crippen molar-refractivity contribution < 1.29 is 27.1 Å². The topological polar surface area (TPSA) is 79.4 Å². The molecule has 1 aliphatic heterocycles. The van der Waals surface area contributed by atoms with Crippen molar-refractivity contribution in [3.8, 4) is 5.75 Å². The first-order chi connectivity index (χ1) is 17.2. The molecule has 36 heavy (non-hydrogen) atoms. The van der Waals surface area contributed by atoms with Gasteiger partial charge in [0.15, 0.2) is 5.75 Å². The molecule has 1 fully saturated rings. The summed E-state index contributed by atoms with van der Waals surface area (Å²) in [6.07, 6.45) is 2.47. The van der Waals surface area contributed by atoms with Crippen molar-refractivity contribution in [2.45, 2.75) is 25.6 Å². The van der Waals surface area contributed by atoms with Crippen LogP contribution in [-0.2, 0) is 4.79 Å². The summed E-state index contributed by atoms with van der Waals surface area (Å²) in [6, 6.07) is 6.25. The molecule has 0 aliphatic carbocycles. The number of hydrogen-bond acceptors (Lipinski definition) is 6. The summed E-state index contributed by atoms with van der Waals surface area (Å²) in [5, 5.41) is 5.55. The highest BCUT2D eigenvalue weighted by molar-refractivity contribution is 6.31. The van der Waals surface area contributed by atoms with Gasteiger partial charge in [-0.15, -0.1) is 13.2 Å². The molecule has 3 aromatic rings. The molecule has 0 unspecified atom stereocenters. The fourth-order valence-corrected chi connectivity index (χ4v) is 4.01. The number of halogens is 5. The van der Waals surface area contributed by atoms with E-state index in [9.17, 15) is 22.4 Å². The van der Waals surface area contributed by atoms with E-state index in [1.54, 1.807) is 6.08 Å². The minimum absolute atomic E-state index is 0.122. The molecule has 1 aromatic heterocycles. The monoisotopic (exact) mass is 523 g/mol. The molecule has 1 amide bonds. The van der Waals surface area contributed by atoms with Crippen LogP contribution in [0.15, 0.2) is 48.8 Å². The fourth-order valence-electron chi connectivity index (χ4n) is 3.83. The van der Waals surface area contributed by atoms with Gasteiger partial charge in [-0.1, -0.05) is 24.1 Å². The average Bonchev–Trinajstić information content (AvgIpc) is 2.82. The number of carbonyl (C=O) groups excluding carboxylic acids is 1.